The van der Waals surface area contributed by atoms with E-state index >= 15 is 0 Å². The molecule has 0 spiro atoms. The molecule has 1 unspecified atom stereocenters. The molecule has 2 nitrogen and oxygen atoms in total. The van der Waals surface area contributed by atoms with Crippen LogP contribution in [0.4, 0.5) is 0 Å². The largest absolute Gasteiger partial charge is 0.392 e. The van der Waals surface area contributed by atoms with Crippen LogP contribution in [-0.2, 0) is 0 Å². The van der Waals surface area contributed by atoms with Gasteiger partial charge in [0.1, 0.15) is 0 Å². The van der Waals surface area contributed by atoms with Crippen LogP contribution in [0.3, 0.4) is 0 Å². The van der Waals surface area contributed by atoms with Crippen molar-refractivity contribution >= 4 is 15.9 Å². The van der Waals surface area contributed by atoms with Gasteiger partial charge in [0.15, 0.2) is 0 Å². The first-order chi connectivity index (χ1) is 11.7. The summed E-state index contributed by atoms with van der Waals surface area (Å²) in [7, 11) is 0. The fourth-order valence-electron chi connectivity index (χ4n) is 8.21. The molecule has 0 amide bonds. The Morgan fingerprint density at radius 2 is 1.64 bits per heavy atom. The Labute approximate surface area is 162 Å². The number of rotatable bonds is 2. The zero-order chi connectivity index (χ0) is 18.0. The van der Waals surface area contributed by atoms with Crippen molar-refractivity contribution in [2.24, 2.45) is 40.4 Å². The average molecular weight is 413 g/mol. The van der Waals surface area contributed by atoms with E-state index in [2.05, 4.69) is 36.7 Å². The summed E-state index contributed by atoms with van der Waals surface area (Å²) in [5.41, 5.74) is 0.356. The third kappa shape index (κ3) is 2.78. The third-order valence-electron chi connectivity index (χ3n) is 9.65. The van der Waals surface area contributed by atoms with Crippen LogP contribution in [-0.4, -0.2) is 27.2 Å². The standard InChI is InChI=1S/C22H37BrO2/c1-20(25)10-11-21(2)14(12-20)4-5-15-16-6-7-18(19(24)13-23)22(16,3)9-8-17(15)21/h14-19,24-25H,4-13H2,1-3H3/t14-,15+,16+,17+,18-,19?,20-,21+,22+/m1/s1. The summed E-state index contributed by atoms with van der Waals surface area (Å²) in [4.78, 5) is 0. The van der Waals surface area contributed by atoms with Crippen molar-refractivity contribution in [3.8, 4) is 0 Å². The Morgan fingerprint density at radius 1 is 0.920 bits per heavy atom. The van der Waals surface area contributed by atoms with Gasteiger partial charge in [-0.2, -0.15) is 0 Å². The molecule has 0 heterocycles. The molecule has 25 heavy (non-hydrogen) atoms. The molecule has 0 aromatic rings. The smallest absolute Gasteiger partial charge is 0.0670 e. The second-order valence-electron chi connectivity index (χ2n) is 10.8. The van der Waals surface area contributed by atoms with Crippen LogP contribution >= 0.6 is 15.9 Å². The maximum Gasteiger partial charge on any atom is 0.0670 e. The molecular formula is C22H37BrO2. The van der Waals surface area contributed by atoms with Gasteiger partial charge >= 0.3 is 0 Å². The molecule has 0 aliphatic heterocycles. The van der Waals surface area contributed by atoms with E-state index in [4.69, 9.17) is 0 Å². The van der Waals surface area contributed by atoms with Crippen molar-refractivity contribution < 1.29 is 10.2 Å². The molecule has 0 saturated heterocycles. The topological polar surface area (TPSA) is 40.5 Å². The van der Waals surface area contributed by atoms with Gasteiger partial charge < -0.3 is 10.2 Å². The second kappa shape index (κ2) is 6.21. The average Bonchev–Trinajstić information content (AvgIpc) is 2.92. The highest BCUT2D eigenvalue weighted by molar-refractivity contribution is 9.09. The number of fused-ring (bicyclic) bond motifs is 5. The lowest BCUT2D eigenvalue weighted by atomic mass is 9.44. The maximum atomic E-state index is 10.6. The van der Waals surface area contributed by atoms with Crippen molar-refractivity contribution in [1.29, 1.82) is 0 Å². The number of aliphatic hydroxyl groups excluding tert-OH is 1. The molecule has 0 aromatic heterocycles. The number of hydrogen-bond acceptors (Lipinski definition) is 2. The van der Waals surface area contributed by atoms with Crippen LogP contribution in [0.15, 0.2) is 0 Å². The molecule has 0 radical (unpaired) electrons. The number of alkyl halides is 1. The summed E-state index contributed by atoms with van der Waals surface area (Å²) in [5, 5.41) is 21.9. The summed E-state index contributed by atoms with van der Waals surface area (Å²) in [6, 6.07) is 0. The highest BCUT2D eigenvalue weighted by Crippen LogP contribution is 2.68. The number of hydrogen-bond donors (Lipinski definition) is 2. The number of halogens is 1. The zero-order valence-electron chi connectivity index (χ0n) is 16.3. The predicted molar refractivity (Wildman–Crippen MR) is 106 cm³/mol. The Hall–Kier alpha value is 0.400. The van der Waals surface area contributed by atoms with Crippen LogP contribution in [0.2, 0.25) is 0 Å². The fourth-order valence-corrected chi connectivity index (χ4v) is 8.66. The Balaban J connectivity index is 1.58. The van der Waals surface area contributed by atoms with Gasteiger partial charge in [-0.25, -0.2) is 0 Å². The number of aliphatic hydroxyl groups is 2. The van der Waals surface area contributed by atoms with E-state index < -0.39 is 5.60 Å². The van der Waals surface area contributed by atoms with Crippen molar-refractivity contribution in [2.75, 3.05) is 5.33 Å². The van der Waals surface area contributed by atoms with E-state index in [1.165, 1.54) is 44.9 Å². The monoisotopic (exact) mass is 412 g/mol. The van der Waals surface area contributed by atoms with Crippen LogP contribution in [0.25, 0.3) is 0 Å². The Bertz CT molecular complexity index is 520. The van der Waals surface area contributed by atoms with E-state index in [1.807, 2.05) is 0 Å². The van der Waals surface area contributed by atoms with Crippen LogP contribution in [0.5, 0.6) is 0 Å². The first-order valence-electron chi connectivity index (χ1n) is 10.7. The van der Waals surface area contributed by atoms with E-state index in [1.54, 1.807) is 0 Å². The molecule has 4 rings (SSSR count). The molecule has 0 bridgehead atoms. The van der Waals surface area contributed by atoms with Gasteiger partial charge in [-0.1, -0.05) is 29.8 Å². The summed E-state index contributed by atoms with van der Waals surface area (Å²) >= 11 is 3.53. The Morgan fingerprint density at radius 3 is 2.36 bits per heavy atom. The fraction of sp³-hybridized carbons (Fsp3) is 1.00. The van der Waals surface area contributed by atoms with Gasteiger partial charge in [0, 0.05) is 5.33 Å². The lowest BCUT2D eigenvalue weighted by molar-refractivity contribution is -0.149. The lowest BCUT2D eigenvalue weighted by Crippen LogP contribution is -2.55. The van der Waals surface area contributed by atoms with Crippen LogP contribution in [0.1, 0.15) is 78.6 Å². The highest BCUT2D eigenvalue weighted by atomic mass is 79.9. The van der Waals surface area contributed by atoms with Gasteiger partial charge in [-0.15, -0.1) is 0 Å². The summed E-state index contributed by atoms with van der Waals surface area (Å²) in [6.07, 6.45) is 10.9. The second-order valence-corrected chi connectivity index (χ2v) is 11.5. The molecule has 2 N–H and O–H groups in total. The van der Waals surface area contributed by atoms with Crippen molar-refractivity contribution in [1.82, 2.24) is 0 Å². The minimum Gasteiger partial charge on any atom is -0.392 e. The Kier molecular flexibility index (Phi) is 4.65. The lowest BCUT2D eigenvalue weighted by Gasteiger charge is -2.62. The van der Waals surface area contributed by atoms with Crippen molar-refractivity contribution in [2.45, 2.75) is 90.3 Å². The first-order valence-corrected chi connectivity index (χ1v) is 11.8. The van der Waals surface area contributed by atoms with E-state index in [0.29, 0.717) is 22.7 Å². The summed E-state index contributed by atoms with van der Waals surface area (Å²) in [6.45, 7) is 7.11. The minimum atomic E-state index is -0.432. The van der Waals surface area contributed by atoms with Crippen LogP contribution in [0, 0.1) is 40.4 Å². The van der Waals surface area contributed by atoms with Gasteiger partial charge in [0.2, 0.25) is 0 Å². The predicted octanol–water partition coefficient (Wildman–Crippen LogP) is 5.15. The van der Waals surface area contributed by atoms with E-state index in [0.717, 1.165) is 35.9 Å². The molecule has 4 aliphatic rings. The van der Waals surface area contributed by atoms with E-state index in [9.17, 15) is 10.2 Å². The van der Waals surface area contributed by atoms with Crippen molar-refractivity contribution in [3.63, 3.8) is 0 Å². The van der Waals surface area contributed by atoms with Gasteiger partial charge in [-0.3, -0.25) is 0 Å². The molecule has 4 saturated carbocycles. The summed E-state index contributed by atoms with van der Waals surface area (Å²) < 4.78 is 0. The van der Waals surface area contributed by atoms with E-state index in [-0.39, 0.29) is 6.10 Å². The molecule has 0 aromatic carbocycles. The first kappa shape index (κ1) is 18.7. The quantitative estimate of drug-likeness (QED) is 0.615. The molecular weight excluding hydrogens is 376 g/mol. The summed E-state index contributed by atoms with van der Waals surface area (Å²) in [5.74, 6) is 3.71. The molecule has 4 aliphatic carbocycles. The maximum absolute atomic E-state index is 10.6. The molecule has 4 fully saturated rings. The highest BCUT2D eigenvalue weighted by Gasteiger charge is 2.61. The van der Waals surface area contributed by atoms with Gasteiger partial charge in [0.05, 0.1) is 11.7 Å². The normalized spacial score (nSPS) is 56.6. The molecule has 3 heteroatoms. The van der Waals surface area contributed by atoms with Crippen LogP contribution < -0.4 is 0 Å². The minimum absolute atomic E-state index is 0.178. The van der Waals surface area contributed by atoms with Crippen molar-refractivity contribution in [3.05, 3.63) is 0 Å². The molecule has 144 valence electrons. The van der Waals surface area contributed by atoms with Gasteiger partial charge in [-0.05, 0) is 105 Å². The third-order valence-corrected chi connectivity index (χ3v) is 10.3. The van der Waals surface area contributed by atoms with Gasteiger partial charge in [0.25, 0.3) is 0 Å². The SMILES string of the molecule is C[C@@]1(O)CC[C@@]2(C)[C@H](CC[C@@H]3[C@@H]2CC[C@]2(C)[C@@H](C(O)CBr)CC[C@@H]32)C1. The zero-order valence-corrected chi connectivity index (χ0v) is 17.9. The molecule has 9 atom stereocenters.